The molecule has 0 aliphatic carbocycles. The first-order valence-corrected chi connectivity index (χ1v) is 6.52. The molecule has 4 N–H and O–H groups in total. The number of rotatable bonds is 2. The second kappa shape index (κ2) is 3.55. The molecular weight excluding hydrogens is 232 g/mol. The predicted octanol–water partition coefficient (Wildman–Crippen LogP) is -1.31. The highest BCUT2D eigenvalue weighted by Crippen LogP contribution is 2.34. The fourth-order valence-electron chi connectivity index (χ4n) is 0.723. The Kier molecular flexibility index (Phi) is 2.92. The van der Waals surface area contributed by atoms with E-state index in [1.54, 1.807) is 0 Å². The van der Waals surface area contributed by atoms with Gasteiger partial charge in [0.1, 0.15) is 0 Å². The molecule has 14 heavy (non-hydrogen) atoms. The summed E-state index contributed by atoms with van der Waals surface area (Å²) in [4.78, 5) is 37.9. The van der Waals surface area contributed by atoms with Crippen LogP contribution in [0.1, 0.15) is 0 Å². The lowest BCUT2D eigenvalue weighted by atomic mass is 10.5. The number of nitrogens with zero attached hydrogens (tertiary/aromatic N) is 1. The van der Waals surface area contributed by atoms with E-state index in [1.165, 1.54) is 0 Å². The zero-order chi connectivity index (χ0) is 11.0. The van der Waals surface area contributed by atoms with Crippen molar-refractivity contribution in [3.63, 3.8) is 0 Å². The molecule has 0 aromatic carbocycles. The molecular formula is C5H7NO6P2. The molecule has 0 bridgehead atoms. The van der Waals surface area contributed by atoms with Crippen LogP contribution in [0.15, 0.2) is 18.3 Å². The Balaban J connectivity index is 3.14. The average molecular weight is 239 g/mol. The average Bonchev–Trinajstić information content (AvgIpc) is 2.01. The van der Waals surface area contributed by atoms with Crippen molar-refractivity contribution in [3.05, 3.63) is 18.3 Å². The van der Waals surface area contributed by atoms with E-state index < -0.39 is 20.6 Å². The lowest BCUT2D eigenvalue weighted by molar-refractivity contribution is 0.383. The van der Waals surface area contributed by atoms with E-state index in [1.807, 2.05) is 0 Å². The van der Waals surface area contributed by atoms with Crippen molar-refractivity contribution in [2.24, 2.45) is 0 Å². The summed E-state index contributed by atoms with van der Waals surface area (Å²) in [5.41, 5.74) is -0.519. The van der Waals surface area contributed by atoms with E-state index in [2.05, 4.69) is 4.98 Å². The molecule has 1 aromatic rings. The number of hydrogen-bond acceptors (Lipinski definition) is 3. The van der Waals surface area contributed by atoms with Crippen molar-refractivity contribution in [2.75, 3.05) is 0 Å². The predicted molar refractivity (Wildman–Crippen MR) is 47.6 cm³/mol. The molecule has 0 aliphatic heterocycles. The second-order valence-corrected chi connectivity index (χ2v) is 5.61. The molecule has 9 heteroatoms. The van der Waals surface area contributed by atoms with Crippen LogP contribution in [0.5, 0.6) is 0 Å². The van der Waals surface area contributed by atoms with Gasteiger partial charge in [-0.25, -0.2) is 4.98 Å². The van der Waals surface area contributed by atoms with Gasteiger partial charge in [-0.05, 0) is 12.1 Å². The minimum atomic E-state index is -4.45. The molecule has 0 atom stereocenters. The van der Waals surface area contributed by atoms with Gasteiger partial charge in [0.15, 0.2) is 5.44 Å². The third-order valence-corrected chi connectivity index (χ3v) is 3.17. The molecule has 1 rings (SSSR count). The lowest BCUT2D eigenvalue weighted by Crippen LogP contribution is -2.14. The zero-order valence-electron chi connectivity index (χ0n) is 6.68. The highest BCUT2D eigenvalue weighted by atomic mass is 31.2. The van der Waals surface area contributed by atoms with Crippen molar-refractivity contribution in [3.8, 4) is 0 Å². The van der Waals surface area contributed by atoms with Crippen LogP contribution in [0.3, 0.4) is 0 Å². The van der Waals surface area contributed by atoms with E-state index in [0.29, 0.717) is 0 Å². The quantitative estimate of drug-likeness (QED) is 0.471. The third kappa shape index (κ3) is 2.72. The Morgan fingerprint density at radius 1 is 1.00 bits per heavy atom. The topological polar surface area (TPSA) is 128 Å². The first-order chi connectivity index (χ1) is 6.21. The first-order valence-electron chi connectivity index (χ1n) is 3.29. The summed E-state index contributed by atoms with van der Waals surface area (Å²) in [5.74, 6) is 0. The smallest absolute Gasteiger partial charge is 0.321 e. The van der Waals surface area contributed by atoms with E-state index in [-0.39, 0.29) is 5.30 Å². The monoisotopic (exact) mass is 239 g/mol. The maximum absolute atomic E-state index is 10.7. The van der Waals surface area contributed by atoms with Gasteiger partial charge < -0.3 is 19.6 Å². The van der Waals surface area contributed by atoms with Crippen LogP contribution in [0.25, 0.3) is 0 Å². The largest absolute Gasteiger partial charge is 0.374 e. The SMILES string of the molecule is O=P(O)(O)c1ccc(P(=O)(O)O)nc1. The number of aromatic nitrogens is 1. The molecule has 7 nitrogen and oxygen atoms in total. The Hall–Kier alpha value is -0.550. The molecule has 0 spiro atoms. The molecule has 0 fully saturated rings. The second-order valence-electron chi connectivity index (χ2n) is 2.46. The van der Waals surface area contributed by atoms with Gasteiger partial charge in [-0.15, -0.1) is 0 Å². The summed E-state index contributed by atoms with van der Waals surface area (Å²) in [7, 11) is -8.86. The zero-order valence-corrected chi connectivity index (χ0v) is 8.47. The van der Waals surface area contributed by atoms with Gasteiger partial charge in [-0.2, -0.15) is 0 Å². The Morgan fingerprint density at radius 3 is 1.86 bits per heavy atom. The van der Waals surface area contributed by atoms with Crippen molar-refractivity contribution in [1.82, 2.24) is 4.98 Å². The van der Waals surface area contributed by atoms with Crippen LogP contribution in [-0.2, 0) is 9.13 Å². The number of hydrogen-bond donors (Lipinski definition) is 4. The maximum atomic E-state index is 10.7. The third-order valence-electron chi connectivity index (χ3n) is 1.37. The molecule has 1 aromatic heterocycles. The van der Waals surface area contributed by atoms with E-state index >= 15 is 0 Å². The molecule has 0 saturated carbocycles. The Labute approximate surface area is 78.8 Å². The summed E-state index contributed by atoms with van der Waals surface area (Å²) in [6.07, 6.45) is 0.745. The van der Waals surface area contributed by atoms with Crippen molar-refractivity contribution >= 4 is 25.9 Å². The molecule has 78 valence electrons. The van der Waals surface area contributed by atoms with Crippen molar-refractivity contribution in [1.29, 1.82) is 0 Å². The molecule has 0 amide bonds. The normalized spacial score (nSPS) is 12.9. The molecule has 0 saturated heterocycles. The lowest BCUT2D eigenvalue weighted by Gasteiger charge is -2.05. The minimum Gasteiger partial charge on any atom is -0.321 e. The summed E-state index contributed by atoms with van der Waals surface area (Å²) in [6.45, 7) is 0. The van der Waals surface area contributed by atoms with Crippen molar-refractivity contribution < 1.29 is 28.7 Å². The fourth-order valence-corrected chi connectivity index (χ4v) is 1.68. The molecule has 0 unspecified atom stereocenters. The highest BCUT2D eigenvalue weighted by Gasteiger charge is 2.22. The van der Waals surface area contributed by atoms with Crippen LogP contribution in [-0.4, -0.2) is 24.6 Å². The Morgan fingerprint density at radius 2 is 1.57 bits per heavy atom. The van der Waals surface area contributed by atoms with Gasteiger partial charge in [0.25, 0.3) is 0 Å². The standard InChI is InChI=1S/C5H7NO6P2/c7-13(8,9)4-1-2-5(6-3-4)14(10,11)12/h1-3H,(H2,7,8,9)(H2,10,11,12). The van der Waals surface area contributed by atoms with Crippen molar-refractivity contribution in [2.45, 2.75) is 0 Å². The summed E-state index contributed by atoms with van der Waals surface area (Å²) >= 11 is 0. The van der Waals surface area contributed by atoms with Crippen LogP contribution < -0.4 is 10.7 Å². The summed E-state index contributed by atoms with van der Waals surface area (Å²) in [6, 6.07) is 1.82. The van der Waals surface area contributed by atoms with Gasteiger partial charge in [0.2, 0.25) is 0 Å². The first kappa shape index (κ1) is 11.5. The van der Waals surface area contributed by atoms with Crippen LogP contribution in [0.4, 0.5) is 0 Å². The highest BCUT2D eigenvalue weighted by molar-refractivity contribution is 7.60. The number of pyridine rings is 1. The maximum Gasteiger partial charge on any atom is 0.374 e. The van der Waals surface area contributed by atoms with E-state index in [9.17, 15) is 9.13 Å². The van der Waals surface area contributed by atoms with Crippen LogP contribution in [0.2, 0.25) is 0 Å². The van der Waals surface area contributed by atoms with Gasteiger partial charge >= 0.3 is 15.2 Å². The van der Waals surface area contributed by atoms with Crippen LogP contribution >= 0.6 is 15.2 Å². The van der Waals surface area contributed by atoms with Crippen LogP contribution in [0, 0.1) is 0 Å². The molecule has 0 aliphatic rings. The Bertz CT molecular complexity index is 375. The minimum absolute atomic E-state index is 0.380. The fraction of sp³-hybridized carbons (Fsp3) is 0. The van der Waals surface area contributed by atoms with E-state index in [0.717, 1.165) is 18.3 Å². The molecule has 0 radical (unpaired) electrons. The summed E-state index contributed by atoms with van der Waals surface area (Å²) in [5, 5.41) is -0.380. The van der Waals surface area contributed by atoms with E-state index in [4.69, 9.17) is 19.6 Å². The summed E-state index contributed by atoms with van der Waals surface area (Å²) < 4.78 is 21.3. The van der Waals surface area contributed by atoms with Gasteiger partial charge in [0.05, 0.1) is 5.30 Å². The van der Waals surface area contributed by atoms with Gasteiger partial charge in [-0.3, -0.25) is 9.13 Å². The van der Waals surface area contributed by atoms with Gasteiger partial charge in [-0.1, -0.05) is 0 Å². The van der Waals surface area contributed by atoms with Gasteiger partial charge in [0, 0.05) is 6.20 Å². The molecule has 1 heterocycles.